The van der Waals surface area contributed by atoms with Gasteiger partial charge in [0.25, 0.3) is 0 Å². The first kappa shape index (κ1) is 22.4. The second-order valence-corrected chi connectivity index (χ2v) is 6.03. The van der Waals surface area contributed by atoms with E-state index in [-0.39, 0.29) is 44.1 Å². The van der Waals surface area contributed by atoms with Gasteiger partial charge in [0.05, 0.1) is 0 Å². The molecule has 2 saturated heterocycles. The fraction of sp³-hybridized carbons (Fsp3) is 0.444. The number of hydrogen-bond acceptors (Lipinski definition) is 5. The van der Waals surface area contributed by atoms with Gasteiger partial charge in [0.1, 0.15) is 11.6 Å². The van der Waals surface area contributed by atoms with Crippen LogP contribution in [0.3, 0.4) is 0 Å². The minimum Gasteiger partial charge on any atom is -0.659 e. The van der Waals surface area contributed by atoms with Gasteiger partial charge in [-0.25, -0.2) is 9.97 Å². The molecular weight excluding hydrogens is 565 g/mol. The van der Waals surface area contributed by atoms with E-state index in [0.29, 0.717) is 0 Å². The van der Waals surface area contributed by atoms with Crippen molar-refractivity contribution >= 4 is 11.6 Å². The van der Waals surface area contributed by atoms with Crippen molar-refractivity contribution in [3.05, 3.63) is 53.6 Å². The zero-order valence-electron chi connectivity index (χ0n) is 15.2. The van der Waals surface area contributed by atoms with Crippen LogP contribution < -0.4 is 15.1 Å². The summed E-state index contributed by atoms with van der Waals surface area (Å²) in [4.78, 5) is 11.8. The van der Waals surface area contributed by atoms with Crippen molar-refractivity contribution in [2.75, 3.05) is 62.2 Å². The van der Waals surface area contributed by atoms with Crippen LogP contribution in [0.2, 0.25) is 0 Å². The number of hydrogen-bond donors (Lipinski definition) is 1. The molecule has 2 aliphatic rings. The van der Waals surface area contributed by atoms with Gasteiger partial charge in [0.15, 0.2) is 0 Å². The van der Waals surface area contributed by atoms with Gasteiger partial charge < -0.3 is 20.4 Å². The third kappa shape index (κ3) is 7.22. The minimum absolute atomic E-state index is 0. The van der Waals surface area contributed by atoms with Gasteiger partial charge in [0, 0.05) is 83.3 Å². The van der Waals surface area contributed by atoms with E-state index in [1.54, 1.807) is 12.1 Å². The summed E-state index contributed by atoms with van der Waals surface area (Å²) in [6.45, 7) is 7.01. The summed E-state index contributed by atoms with van der Waals surface area (Å²) >= 11 is 0. The summed E-state index contributed by atoms with van der Waals surface area (Å²) in [5.41, 5.74) is 0. The third-order valence-corrected chi connectivity index (χ3v) is 4.22. The molecule has 1 radical (unpaired) electrons. The number of anilines is 2. The van der Waals surface area contributed by atoms with Gasteiger partial charge in [-0.2, -0.15) is 8.78 Å². The minimum atomic E-state index is -0.417. The van der Waals surface area contributed by atoms with Gasteiger partial charge >= 0.3 is 0 Å². The molecule has 4 rings (SSSR count). The maximum Gasteiger partial charge on any atom is 0.214 e. The zero-order chi connectivity index (χ0) is 18.2. The molecule has 2 aromatic heterocycles. The molecule has 0 saturated carbocycles. The average molecular weight is 588 g/mol. The van der Waals surface area contributed by atoms with Crippen LogP contribution in [0.15, 0.2) is 36.4 Å². The Morgan fingerprint density at radius 1 is 0.778 bits per heavy atom. The summed E-state index contributed by atoms with van der Waals surface area (Å²) in [6, 6.07) is 9.77. The van der Waals surface area contributed by atoms with Gasteiger partial charge in [0.2, 0.25) is 11.9 Å². The van der Waals surface area contributed by atoms with E-state index in [4.69, 9.17) is 0 Å². The van der Waals surface area contributed by atoms with E-state index in [1.165, 1.54) is 12.1 Å². The number of piperazine rings is 2. The summed E-state index contributed by atoms with van der Waals surface area (Å²) in [6.07, 6.45) is 0. The molecule has 27 heavy (non-hydrogen) atoms. The fourth-order valence-electron chi connectivity index (χ4n) is 2.88. The Kier molecular flexibility index (Phi) is 9.84. The van der Waals surface area contributed by atoms with Crippen LogP contribution in [0.25, 0.3) is 5.32 Å². The van der Waals surface area contributed by atoms with Crippen LogP contribution in [0.5, 0.6) is 0 Å². The molecule has 1 N–H and O–H groups in total. The van der Waals surface area contributed by atoms with Crippen LogP contribution in [-0.2, 0) is 0 Å². The molecule has 2 aliphatic heterocycles. The van der Waals surface area contributed by atoms with E-state index in [1.807, 2.05) is 12.1 Å². The van der Waals surface area contributed by atoms with E-state index in [9.17, 15) is 8.78 Å². The maximum atomic E-state index is 12.8. The van der Waals surface area contributed by atoms with Crippen LogP contribution in [0.1, 0.15) is 0 Å². The first-order valence-corrected chi connectivity index (χ1v) is 8.81. The second-order valence-electron chi connectivity index (χ2n) is 6.03. The molecule has 0 aliphatic carbocycles. The normalized spacial score (nSPS) is 16.8. The zero-order valence-corrected chi connectivity index (χ0v) is 19.9. The first-order valence-electron chi connectivity index (χ1n) is 8.81. The Hall–Kier alpha value is -0.878. The van der Waals surface area contributed by atoms with Gasteiger partial charge in [-0.05, 0) is 24.3 Å². The molecule has 0 atom stereocenters. The van der Waals surface area contributed by atoms with E-state index >= 15 is 0 Å². The predicted molar refractivity (Wildman–Crippen MR) is 98.8 cm³/mol. The van der Waals surface area contributed by atoms with Crippen LogP contribution in [-0.4, -0.2) is 62.3 Å². The Morgan fingerprint density at radius 2 is 1.26 bits per heavy atom. The Bertz CT molecular complexity index is 634. The molecule has 0 unspecified atom stereocenters. The maximum absolute atomic E-state index is 12.8. The molecule has 143 valence electrons. The molecule has 0 amide bonds. The SMILES string of the molecule is Fc1cccc(N2CCNCC2)n1.Fc1cccc(N2CC[N-]CC2)n1.[Ac]. The summed E-state index contributed by atoms with van der Waals surface area (Å²) < 4.78 is 25.5. The Labute approximate surface area is 194 Å². The molecule has 0 aromatic carbocycles. The number of halogens is 2. The molecule has 4 heterocycles. The van der Waals surface area contributed by atoms with Crippen molar-refractivity contribution < 1.29 is 52.8 Å². The Balaban J connectivity index is 0.000000187. The van der Waals surface area contributed by atoms with Gasteiger partial charge in [-0.15, -0.1) is 13.1 Å². The van der Waals surface area contributed by atoms with E-state index in [0.717, 1.165) is 64.0 Å². The van der Waals surface area contributed by atoms with Crippen LogP contribution in [0.4, 0.5) is 20.4 Å². The van der Waals surface area contributed by atoms with Gasteiger partial charge in [-0.3, -0.25) is 0 Å². The quantitative estimate of drug-likeness (QED) is 0.545. The smallest absolute Gasteiger partial charge is 0.214 e. The van der Waals surface area contributed by atoms with Crippen molar-refractivity contribution in [2.45, 2.75) is 0 Å². The second kappa shape index (κ2) is 11.8. The van der Waals surface area contributed by atoms with Crippen molar-refractivity contribution in [2.24, 2.45) is 0 Å². The van der Waals surface area contributed by atoms with Crippen molar-refractivity contribution in [3.63, 3.8) is 0 Å². The molecule has 0 spiro atoms. The molecule has 9 heteroatoms. The number of rotatable bonds is 2. The number of nitrogens with one attached hydrogen (secondary N) is 1. The van der Waals surface area contributed by atoms with E-state index in [2.05, 4.69) is 30.4 Å². The number of nitrogens with zero attached hydrogens (tertiary/aromatic N) is 5. The van der Waals surface area contributed by atoms with Crippen LogP contribution in [0, 0.1) is 56.0 Å². The monoisotopic (exact) mass is 588 g/mol. The fourth-order valence-corrected chi connectivity index (χ4v) is 2.88. The first-order chi connectivity index (χ1) is 12.7. The van der Waals surface area contributed by atoms with Crippen LogP contribution >= 0.6 is 0 Å². The summed E-state index contributed by atoms with van der Waals surface area (Å²) in [7, 11) is 0. The molecule has 2 aromatic rings. The van der Waals surface area contributed by atoms with Crippen molar-refractivity contribution in [3.8, 4) is 0 Å². The van der Waals surface area contributed by atoms with Crippen molar-refractivity contribution in [1.29, 1.82) is 0 Å². The summed E-state index contributed by atoms with van der Waals surface area (Å²) in [5, 5.41) is 7.45. The van der Waals surface area contributed by atoms with Gasteiger partial charge in [-0.1, -0.05) is 12.1 Å². The largest absolute Gasteiger partial charge is 0.659 e. The third-order valence-electron chi connectivity index (χ3n) is 4.22. The predicted octanol–water partition coefficient (Wildman–Crippen LogP) is 2.04. The number of pyridine rings is 2. The topological polar surface area (TPSA) is 58.4 Å². The Morgan fingerprint density at radius 3 is 1.74 bits per heavy atom. The number of aromatic nitrogens is 2. The standard InChI is InChI=1S/C9H12FN3.C9H11FN3.Ac/c2*10-8-2-1-3-9(12-8)13-6-4-11-5-7-13;/h1-3,11H,4-7H2;1-3H,4-7H2;/q;-1;. The average Bonchev–Trinajstić information content (AvgIpc) is 2.70. The molecule has 0 bridgehead atoms. The summed E-state index contributed by atoms with van der Waals surface area (Å²) in [5.74, 6) is 0.632. The van der Waals surface area contributed by atoms with E-state index < -0.39 is 11.9 Å². The molecule has 6 nitrogen and oxygen atoms in total. The molecule has 2 fully saturated rings. The molecular formula is C18H23AcF2N6-. The van der Waals surface area contributed by atoms with Crippen molar-refractivity contribution in [1.82, 2.24) is 15.3 Å².